The third kappa shape index (κ3) is 3.08. The summed E-state index contributed by atoms with van der Waals surface area (Å²) in [6.45, 7) is 1.82. The van der Waals surface area contributed by atoms with Crippen molar-refractivity contribution in [3.05, 3.63) is 65.2 Å². The second kappa shape index (κ2) is 6.42. The molecule has 25 heavy (non-hydrogen) atoms. The smallest absolute Gasteiger partial charge is 0.261 e. The molecule has 2 aromatic rings. The number of imide groups is 1. The van der Waals surface area contributed by atoms with Crippen LogP contribution < -0.4 is 5.73 Å². The van der Waals surface area contributed by atoms with Gasteiger partial charge in [-0.25, -0.2) is 8.42 Å². The summed E-state index contributed by atoms with van der Waals surface area (Å²) in [7, 11) is -3.72. The number of nitrogens with two attached hydrogens (primary N) is 1. The van der Waals surface area contributed by atoms with E-state index in [2.05, 4.69) is 0 Å². The molecule has 1 heterocycles. The molecule has 1 atom stereocenters. The molecule has 7 heteroatoms. The maximum atomic E-state index is 12.5. The molecule has 0 saturated carbocycles. The molecule has 6 nitrogen and oxygen atoms in total. The summed E-state index contributed by atoms with van der Waals surface area (Å²) in [5.74, 6) is -0.832. The summed E-state index contributed by atoms with van der Waals surface area (Å²) in [5.41, 5.74) is 7.47. The van der Waals surface area contributed by atoms with Gasteiger partial charge in [0.2, 0.25) is 0 Å². The van der Waals surface area contributed by atoms with Crippen LogP contribution in [0.3, 0.4) is 0 Å². The van der Waals surface area contributed by atoms with Crippen molar-refractivity contribution in [3.8, 4) is 0 Å². The van der Waals surface area contributed by atoms with Gasteiger partial charge >= 0.3 is 0 Å². The SMILES string of the molecule is Cc1ccc(S(=O)(=O)C(N)CCN2C(=O)c3ccccc3C2=O)cc1. The Hall–Kier alpha value is -2.51. The Morgan fingerprint density at radius 3 is 2.00 bits per heavy atom. The van der Waals surface area contributed by atoms with Crippen LogP contribution in [-0.2, 0) is 9.84 Å². The fraction of sp³-hybridized carbons (Fsp3) is 0.222. The van der Waals surface area contributed by atoms with Gasteiger partial charge in [-0.2, -0.15) is 0 Å². The lowest BCUT2D eigenvalue weighted by molar-refractivity contribution is 0.0652. The molecule has 2 amide bonds. The van der Waals surface area contributed by atoms with Gasteiger partial charge in [-0.1, -0.05) is 29.8 Å². The van der Waals surface area contributed by atoms with E-state index >= 15 is 0 Å². The lowest BCUT2D eigenvalue weighted by Crippen LogP contribution is -2.38. The van der Waals surface area contributed by atoms with E-state index in [9.17, 15) is 18.0 Å². The molecular formula is C18H18N2O4S. The van der Waals surface area contributed by atoms with Gasteiger partial charge in [0.25, 0.3) is 11.8 Å². The molecule has 0 aromatic heterocycles. The Labute approximate surface area is 146 Å². The van der Waals surface area contributed by atoms with Crippen molar-refractivity contribution in [1.82, 2.24) is 4.90 Å². The average molecular weight is 358 g/mol. The fourth-order valence-electron chi connectivity index (χ4n) is 2.76. The van der Waals surface area contributed by atoms with Crippen LogP contribution in [-0.4, -0.2) is 37.1 Å². The number of nitrogens with zero attached hydrogens (tertiary/aromatic N) is 1. The number of sulfone groups is 1. The molecule has 2 N–H and O–H groups in total. The summed E-state index contributed by atoms with van der Waals surface area (Å²) < 4.78 is 25.0. The zero-order valence-electron chi connectivity index (χ0n) is 13.7. The second-order valence-corrected chi connectivity index (χ2v) is 8.16. The highest BCUT2D eigenvalue weighted by molar-refractivity contribution is 7.92. The maximum Gasteiger partial charge on any atom is 0.261 e. The van der Waals surface area contributed by atoms with Crippen LogP contribution in [0.15, 0.2) is 53.4 Å². The minimum Gasteiger partial charge on any atom is -0.315 e. The number of hydrogen-bond acceptors (Lipinski definition) is 5. The summed E-state index contributed by atoms with van der Waals surface area (Å²) >= 11 is 0. The molecule has 1 aliphatic heterocycles. The Kier molecular flexibility index (Phi) is 4.45. The van der Waals surface area contributed by atoms with Gasteiger partial charge in [0, 0.05) is 6.54 Å². The highest BCUT2D eigenvalue weighted by Gasteiger charge is 2.36. The number of amides is 2. The standard InChI is InChI=1S/C18H18N2O4S/c1-12-6-8-13(9-7-12)25(23,24)16(19)10-11-20-17(21)14-4-2-3-5-15(14)18(20)22/h2-9,16H,10-11,19H2,1H3. The summed E-state index contributed by atoms with van der Waals surface area (Å²) in [5, 5.41) is -1.19. The summed E-state index contributed by atoms with van der Waals surface area (Å²) in [4.78, 5) is 25.8. The summed E-state index contributed by atoms with van der Waals surface area (Å²) in [6.07, 6.45) is -0.0261. The Bertz CT molecular complexity index is 901. The number of carbonyl (C=O) groups excluding carboxylic acids is 2. The van der Waals surface area contributed by atoms with Gasteiger partial charge in [0.1, 0.15) is 5.37 Å². The number of hydrogen-bond donors (Lipinski definition) is 1. The van der Waals surface area contributed by atoms with E-state index < -0.39 is 27.0 Å². The van der Waals surface area contributed by atoms with Crippen molar-refractivity contribution in [1.29, 1.82) is 0 Å². The molecule has 0 aliphatic carbocycles. The first-order valence-corrected chi connectivity index (χ1v) is 9.38. The second-order valence-electron chi connectivity index (χ2n) is 5.99. The van der Waals surface area contributed by atoms with Crippen molar-refractivity contribution in [2.24, 2.45) is 5.73 Å². The van der Waals surface area contributed by atoms with E-state index in [0.717, 1.165) is 10.5 Å². The first-order chi connectivity index (χ1) is 11.8. The molecule has 130 valence electrons. The number of fused-ring (bicyclic) bond motifs is 1. The number of aryl methyl sites for hydroxylation is 1. The van der Waals surface area contributed by atoms with Crippen molar-refractivity contribution in [2.45, 2.75) is 23.6 Å². The monoisotopic (exact) mass is 358 g/mol. The Balaban J connectivity index is 1.73. The Morgan fingerprint density at radius 2 is 1.48 bits per heavy atom. The highest BCUT2D eigenvalue weighted by atomic mass is 32.2. The highest BCUT2D eigenvalue weighted by Crippen LogP contribution is 2.23. The van der Waals surface area contributed by atoms with Gasteiger partial charge in [-0.15, -0.1) is 0 Å². The van der Waals surface area contributed by atoms with Crippen molar-refractivity contribution < 1.29 is 18.0 Å². The zero-order chi connectivity index (χ0) is 18.2. The Morgan fingerprint density at radius 1 is 0.960 bits per heavy atom. The van der Waals surface area contributed by atoms with E-state index in [1.54, 1.807) is 36.4 Å². The molecular weight excluding hydrogens is 340 g/mol. The third-order valence-corrected chi connectivity index (χ3v) is 6.23. The average Bonchev–Trinajstić information content (AvgIpc) is 2.84. The molecule has 0 radical (unpaired) electrons. The first kappa shape index (κ1) is 17.3. The minimum atomic E-state index is -3.72. The van der Waals surface area contributed by atoms with Crippen LogP contribution in [0.5, 0.6) is 0 Å². The molecule has 1 aliphatic rings. The molecule has 0 spiro atoms. The van der Waals surface area contributed by atoms with E-state index in [0.29, 0.717) is 11.1 Å². The lowest BCUT2D eigenvalue weighted by Gasteiger charge is -2.18. The third-order valence-electron chi connectivity index (χ3n) is 4.26. The first-order valence-electron chi connectivity index (χ1n) is 7.84. The van der Waals surface area contributed by atoms with Crippen LogP contribution in [0.2, 0.25) is 0 Å². The van der Waals surface area contributed by atoms with Crippen LogP contribution in [0.1, 0.15) is 32.7 Å². The van der Waals surface area contributed by atoms with Crippen molar-refractivity contribution in [3.63, 3.8) is 0 Å². The molecule has 3 rings (SSSR count). The number of carbonyl (C=O) groups is 2. The molecule has 0 bridgehead atoms. The number of benzene rings is 2. The van der Waals surface area contributed by atoms with E-state index in [1.807, 2.05) is 6.92 Å². The molecule has 0 fully saturated rings. The minimum absolute atomic E-state index is 0.0261. The van der Waals surface area contributed by atoms with Crippen LogP contribution >= 0.6 is 0 Å². The van der Waals surface area contributed by atoms with Crippen LogP contribution in [0, 0.1) is 6.92 Å². The van der Waals surface area contributed by atoms with Crippen LogP contribution in [0.25, 0.3) is 0 Å². The lowest BCUT2D eigenvalue weighted by atomic mass is 10.1. The predicted octanol–water partition coefficient (Wildman–Crippen LogP) is 1.74. The van der Waals surface area contributed by atoms with Gasteiger partial charge in [-0.3, -0.25) is 14.5 Å². The van der Waals surface area contributed by atoms with Crippen molar-refractivity contribution >= 4 is 21.7 Å². The summed E-state index contributed by atoms with van der Waals surface area (Å²) in [6, 6.07) is 12.9. The fourth-order valence-corrected chi connectivity index (χ4v) is 4.04. The van der Waals surface area contributed by atoms with Gasteiger partial charge in [-0.05, 0) is 37.6 Å². The molecule has 0 saturated heterocycles. The van der Waals surface area contributed by atoms with Gasteiger partial charge in [0.05, 0.1) is 16.0 Å². The molecule has 2 aromatic carbocycles. The number of rotatable bonds is 5. The normalized spacial score (nSPS) is 15.4. The van der Waals surface area contributed by atoms with Gasteiger partial charge < -0.3 is 5.73 Å². The van der Waals surface area contributed by atoms with E-state index in [1.165, 1.54) is 12.1 Å². The zero-order valence-corrected chi connectivity index (χ0v) is 14.5. The quantitative estimate of drug-likeness (QED) is 0.821. The van der Waals surface area contributed by atoms with E-state index in [-0.39, 0.29) is 17.9 Å². The largest absolute Gasteiger partial charge is 0.315 e. The van der Waals surface area contributed by atoms with Crippen molar-refractivity contribution in [2.75, 3.05) is 6.54 Å². The topological polar surface area (TPSA) is 97.5 Å². The van der Waals surface area contributed by atoms with Gasteiger partial charge in [0.15, 0.2) is 9.84 Å². The molecule has 1 unspecified atom stereocenters. The van der Waals surface area contributed by atoms with Crippen LogP contribution in [0.4, 0.5) is 0 Å². The predicted molar refractivity (Wildman–Crippen MR) is 92.8 cm³/mol. The van der Waals surface area contributed by atoms with E-state index in [4.69, 9.17) is 5.73 Å². The maximum absolute atomic E-state index is 12.5.